The average Bonchev–Trinajstić information content (AvgIpc) is 2.50. The number of rotatable bonds is 3. The molecule has 0 aliphatic carbocycles. The van der Waals surface area contributed by atoms with E-state index < -0.39 is 16.1 Å². The second-order valence-electron chi connectivity index (χ2n) is 4.99. The van der Waals surface area contributed by atoms with Gasteiger partial charge in [-0.2, -0.15) is 0 Å². The van der Waals surface area contributed by atoms with Gasteiger partial charge in [0.2, 0.25) is 0 Å². The van der Waals surface area contributed by atoms with Crippen molar-refractivity contribution >= 4 is 38.9 Å². The van der Waals surface area contributed by atoms with Crippen LogP contribution in [0.4, 0.5) is 11.4 Å². The Hall–Kier alpha value is -2.25. The summed E-state index contributed by atoms with van der Waals surface area (Å²) >= 11 is 5.96. The van der Waals surface area contributed by atoms with Crippen molar-refractivity contribution in [1.82, 2.24) is 0 Å². The van der Waals surface area contributed by atoms with E-state index in [2.05, 4.69) is 10.0 Å². The number of halogens is 1. The van der Waals surface area contributed by atoms with Gasteiger partial charge in [0.1, 0.15) is 5.75 Å². The van der Waals surface area contributed by atoms with Gasteiger partial charge in [0.15, 0.2) is 6.10 Å². The first-order chi connectivity index (χ1) is 10.9. The number of carbonyl (C=O) groups is 1. The Balaban J connectivity index is 1.94. The lowest BCUT2D eigenvalue weighted by Gasteiger charge is -2.23. The highest BCUT2D eigenvalue weighted by Gasteiger charge is 2.25. The summed E-state index contributed by atoms with van der Waals surface area (Å²) in [7, 11) is -3.84. The summed E-state index contributed by atoms with van der Waals surface area (Å²) in [5.41, 5.74) is 0.593. The maximum atomic E-state index is 12.5. The van der Waals surface area contributed by atoms with Crippen molar-refractivity contribution in [3.05, 3.63) is 47.5 Å². The number of nitrogens with one attached hydrogen (secondary N) is 2. The van der Waals surface area contributed by atoms with Crippen LogP contribution >= 0.6 is 11.6 Å². The van der Waals surface area contributed by atoms with Crippen LogP contribution in [0.15, 0.2) is 47.4 Å². The summed E-state index contributed by atoms with van der Waals surface area (Å²) in [6.45, 7) is 1.61. The van der Waals surface area contributed by atoms with Gasteiger partial charge in [0, 0.05) is 0 Å². The highest BCUT2D eigenvalue weighted by molar-refractivity contribution is 7.92. The summed E-state index contributed by atoms with van der Waals surface area (Å²) < 4.78 is 32.7. The van der Waals surface area contributed by atoms with Crippen LogP contribution in [0.2, 0.25) is 5.02 Å². The van der Waals surface area contributed by atoms with Gasteiger partial charge in [-0.1, -0.05) is 23.7 Å². The molecule has 0 fully saturated rings. The molecule has 2 aromatic carbocycles. The molecule has 1 unspecified atom stereocenters. The minimum Gasteiger partial charge on any atom is -0.479 e. The molecule has 0 bridgehead atoms. The molecule has 2 aromatic rings. The van der Waals surface area contributed by atoms with E-state index in [1.165, 1.54) is 18.2 Å². The fourth-order valence-corrected chi connectivity index (χ4v) is 3.45. The first-order valence-electron chi connectivity index (χ1n) is 6.76. The maximum absolute atomic E-state index is 12.5. The lowest BCUT2D eigenvalue weighted by Crippen LogP contribution is -2.34. The molecule has 6 nitrogen and oxygen atoms in total. The third kappa shape index (κ3) is 3.11. The number of sulfonamides is 1. The van der Waals surface area contributed by atoms with Crippen LogP contribution < -0.4 is 14.8 Å². The molecule has 0 aromatic heterocycles. The predicted molar refractivity (Wildman–Crippen MR) is 87.4 cm³/mol. The highest BCUT2D eigenvalue weighted by atomic mass is 35.5. The monoisotopic (exact) mass is 352 g/mol. The molecule has 1 atom stereocenters. The van der Waals surface area contributed by atoms with E-state index in [4.69, 9.17) is 16.3 Å². The molecule has 0 saturated carbocycles. The number of amides is 1. The standard InChI is InChI=1S/C15H13ClN2O4S/c1-9-15(19)17-13-8-10(6-7-14(13)22-9)23(20,21)18-12-5-3-2-4-11(12)16/h2-9,18H,1H3,(H,17,19). The lowest BCUT2D eigenvalue weighted by molar-refractivity contribution is -0.122. The minimum atomic E-state index is -3.84. The first-order valence-corrected chi connectivity index (χ1v) is 8.62. The Kier molecular flexibility index (Phi) is 3.91. The van der Waals surface area contributed by atoms with E-state index in [1.54, 1.807) is 31.2 Å². The maximum Gasteiger partial charge on any atom is 0.265 e. The molecule has 1 heterocycles. The number of anilines is 2. The van der Waals surface area contributed by atoms with Crippen LogP contribution in [0.5, 0.6) is 5.75 Å². The molecule has 0 radical (unpaired) electrons. The molecular weight excluding hydrogens is 340 g/mol. The lowest BCUT2D eigenvalue weighted by atomic mass is 10.2. The molecule has 1 amide bonds. The summed E-state index contributed by atoms with van der Waals surface area (Å²) in [5, 5.41) is 2.91. The molecule has 1 aliphatic heterocycles. The van der Waals surface area contributed by atoms with Gasteiger partial charge < -0.3 is 10.1 Å². The van der Waals surface area contributed by atoms with Gasteiger partial charge in [-0.05, 0) is 37.3 Å². The van der Waals surface area contributed by atoms with Crippen LogP contribution in [-0.4, -0.2) is 20.4 Å². The Morgan fingerprint density at radius 2 is 1.96 bits per heavy atom. The summed E-state index contributed by atoms with van der Waals surface area (Å²) in [6.07, 6.45) is -0.619. The minimum absolute atomic E-state index is 0.00498. The van der Waals surface area contributed by atoms with Crippen molar-refractivity contribution in [2.24, 2.45) is 0 Å². The van der Waals surface area contributed by atoms with Gasteiger partial charge in [-0.25, -0.2) is 8.42 Å². The zero-order valence-corrected chi connectivity index (χ0v) is 13.6. The molecule has 2 N–H and O–H groups in total. The van der Waals surface area contributed by atoms with Gasteiger partial charge in [-0.3, -0.25) is 9.52 Å². The molecule has 23 heavy (non-hydrogen) atoms. The number of hydrogen-bond donors (Lipinski definition) is 2. The molecule has 1 aliphatic rings. The SMILES string of the molecule is CC1Oc2ccc(S(=O)(=O)Nc3ccccc3Cl)cc2NC1=O. The van der Waals surface area contributed by atoms with Crippen molar-refractivity contribution < 1.29 is 17.9 Å². The summed E-state index contributed by atoms with van der Waals surface area (Å²) in [6, 6.07) is 10.8. The molecule has 0 spiro atoms. The third-order valence-corrected chi connectivity index (χ3v) is 5.00. The van der Waals surface area contributed by atoms with Crippen molar-refractivity contribution in [3.8, 4) is 5.75 Å². The largest absolute Gasteiger partial charge is 0.479 e. The number of benzene rings is 2. The van der Waals surface area contributed by atoms with E-state index in [0.29, 0.717) is 16.5 Å². The molecule has 3 rings (SSSR count). The average molecular weight is 353 g/mol. The normalized spacial score (nSPS) is 17.0. The fraction of sp³-hybridized carbons (Fsp3) is 0.133. The van der Waals surface area contributed by atoms with Gasteiger partial charge >= 0.3 is 0 Å². The Morgan fingerprint density at radius 1 is 1.22 bits per heavy atom. The predicted octanol–water partition coefficient (Wildman–Crippen LogP) is 2.86. The van der Waals surface area contributed by atoms with Gasteiger partial charge in [-0.15, -0.1) is 0 Å². The number of para-hydroxylation sites is 1. The fourth-order valence-electron chi connectivity index (χ4n) is 2.10. The third-order valence-electron chi connectivity index (χ3n) is 3.31. The van der Waals surface area contributed by atoms with Crippen LogP contribution in [0.25, 0.3) is 0 Å². The van der Waals surface area contributed by atoms with E-state index in [0.717, 1.165) is 0 Å². The van der Waals surface area contributed by atoms with E-state index in [1.807, 2.05) is 0 Å². The van der Waals surface area contributed by atoms with Gasteiger partial charge in [0.25, 0.3) is 15.9 Å². The number of hydrogen-bond acceptors (Lipinski definition) is 4. The van der Waals surface area contributed by atoms with E-state index in [9.17, 15) is 13.2 Å². The van der Waals surface area contributed by atoms with Crippen molar-refractivity contribution in [2.45, 2.75) is 17.9 Å². The van der Waals surface area contributed by atoms with Gasteiger partial charge in [0.05, 0.1) is 21.3 Å². The molecular formula is C15H13ClN2O4S. The Morgan fingerprint density at radius 3 is 2.70 bits per heavy atom. The van der Waals surface area contributed by atoms with Crippen LogP contribution in [0.3, 0.4) is 0 Å². The van der Waals surface area contributed by atoms with Crippen LogP contribution in [0, 0.1) is 0 Å². The zero-order valence-electron chi connectivity index (χ0n) is 12.0. The second kappa shape index (κ2) is 5.75. The van der Waals surface area contributed by atoms with E-state index in [-0.39, 0.29) is 16.5 Å². The highest BCUT2D eigenvalue weighted by Crippen LogP contribution is 2.32. The topological polar surface area (TPSA) is 84.5 Å². The first kappa shape index (κ1) is 15.6. The van der Waals surface area contributed by atoms with Crippen molar-refractivity contribution in [1.29, 1.82) is 0 Å². The zero-order chi connectivity index (χ0) is 16.6. The van der Waals surface area contributed by atoms with Crippen LogP contribution in [0.1, 0.15) is 6.92 Å². The van der Waals surface area contributed by atoms with Crippen LogP contribution in [-0.2, 0) is 14.8 Å². The Labute approximate surface area is 138 Å². The smallest absolute Gasteiger partial charge is 0.265 e. The van der Waals surface area contributed by atoms with Crippen molar-refractivity contribution in [2.75, 3.05) is 10.0 Å². The Bertz CT molecular complexity index is 883. The number of fused-ring (bicyclic) bond motifs is 1. The van der Waals surface area contributed by atoms with Crippen molar-refractivity contribution in [3.63, 3.8) is 0 Å². The number of ether oxygens (including phenoxy) is 1. The molecule has 0 saturated heterocycles. The summed E-state index contributed by atoms with van der Waals surface area (Å²) in [4.78, 5) is 11.6. The number of carbonyl (C=O) groups excluding carboxylic acids is 1. The summed E-state index contributed by atoms with van der Waals surface area (Å²) in [5.74, 6) is 0.0971. The van der Waals surface area contributed by atoms with E-state index >= 15 is 0 Å². The molecule has 120 valence electrons. The second-order valence-corrected chi connectivity index (χ2v) is 7.08. The molecule has 8 heteroatoms. The quantitative estimate of drug-likeness (QED) is 0.889.